The minimum absolute atomic E-state index is 0.136. The molecular weight excluding hydrogens is 294 g/mol. The number of nitro groups is 1. The van der Waals surface area contributed by atoms with Gasteiger partial charge in [-0.15, -0.1) is 0 Å². The highest BCUT2D eigenvalue weighted by atomic mass is 35.5. The Morgan fingerprint density at radius 1 is 1.53 bits per heavy atom. The number of nitro benzene ring substituents is 1. The summed E-state index contributed by atoms with van der Waals surface area (Å²) in [5.41, 5.74) is -0.388. The number of nitriles is 1. The molecule has 1 aromatic carbocycles. The van der Waals surface area contributed by atoms with E-state index < -0.39 is 25.9 Å². The summed E-state index contributed by atoms with van der Waals surface area (Å²) in [7, 11) is -2.86. The average Bonchev–Trinajstić information content (AvgIpc) is 2.36. The van der Waals surface area contributed by atoms with Crippen LogP contribution >= 0.6 is 11.6 Å². The van der Waals surface area contributed by atoms with Gasteiger partial charge in [0.05, 0.1) is 16.0 Å². The van der Waals surface area contributed by atoms with Gasteiger partial charge in [0.2, 0.25) is 10.0 Å². The number of nitrogens with zero attached hydrogens (tertiary/aromatic N) is 3. The number of rotatable bonds is 4. The van der Waals surface area contributed by atoms with Crippen molar-refractivity contribution in [1.29, 1.82) is 5.26 Å². The maximum atomic E-state index is 12.2. The van der Waals surface area contributed by atoms with E-state index in [0.717, 1.165) is 22.5 Å². The van der Waals surface area contributed by atoms with E-state index in [4.69, 9.17) is 16.9 Å². The molecule has 1 aromatic rings. The fourth-order valence-corrected chi connectivity index (χ4v) is 3.02. The summed E-state index contributed by atoms with van der Waals surface area (Å²) in [6.45, 7) is 1.39. The summed E-state index contributed by atoms with van der Waals surface area (Å²) in [6, 6.07) is 3.97. The van der Waals surface area contributed by atoms with Crippen LogP contribution in [0.15, 0.2) is 23.1 Å². The van der Waals surface area contributed by atoms with E-state index >= 15 is 0 Å². The van der Waals surface area contributed by atoms with E-state index in [9.17, 15) is 18.5 Å². The van der Waals surface area contributed by atoms with Crippen molar-refractivity contribution in [3.05, 3.63) is 33.3 Å². The normalized spacial score (nSPS) is 13.0. The molecule has 7 nitrogen and oxygen atoms in total. The molecule has 0 aromatic heterocycles. The van der Waals surface area contributed by atoms with Crippen molar-refractivity contribution in [2.45, 2.75) is 17.9 Å². The smallest absolute Gasteiger partial charge is 0.258 e. The predicted octanol–water partition coefficient (Wildman–Crippen LogP) is 1.78. The first kappa shape index (κ1) is 15.4. The van der Waals surface area contributed by atoms with Crippen LogP contribution in [0.4, 0.5) is 5.69 Å². The summed E-state index contributed by atoms with van der Waals surface area (Å²) in [6.07, 6.45) is 0. The molecule has 0 aliphatic heterocycles. The first-order valence-electron chi connectivity index (χ1n) is 5.03. The maximum absolute atomic E-state index is 12.2. The van der Waals surface area contributed by atoms with Gasteiger partial charge in [0.25, 0.3) is 5.69 Å². The lowest BCUT2D eigenvalue weighted by atomic mass is 10.3. The van der Waals surface area contributed by atoms with E-state index in [1.807, 2.05) is 0 Å². The number of sulfonamides is 1. The van der Waals surface area contributed by atoms with Crippen molar-refractivity contribution in [3.63, 3.8) is 0 Å². The van der Waals surface area contributed by atoms with Crippen LogP contribution < -0.4 is 0 Å². The fraction of sp³-hybridized carbons (Fsp3) is 0.300. The first-order valence-corrected chi connectivity index (χ1v) is 6.85. The zero-order valence-electron chi connectivity index (χ0n) is 10.1. The zero-order chi connectivity index (χ0) is 14.8. The second kappa shape index (κ2) is 5.52. The van der Waals surface area contributed by atoms with E-state index in [1.54, 1.807) is 6.07 Å². The SMILES string of the molecule is CC(C#N)N(C)S(=O)(=O)c1cc([N+](=O)[O-])ccc1Cl. The van der Waals surface area contributed by atoms with Gasteiger partial charge >= 0.3 is 0 Å². The third-order valence-corrected chi connectivity index (χ3v) is 4.92. The van der Waals surface area contributed by atoms with Gasteiger partial charge in [-0.1, -0.05) is 11.6 Å². The Morgan fingerprint density at radius 2 is 2.11 bits per heavy atom. The topological polar surface area (TPSA) is 104 Å². The number of benzene rings is 1. The summed E-state index contributed by atoms with van der Waals surface area (Å²) >= 11 is 5.77. The molecule has 0 spiro atoms. The lowest BCUT2D eigenvalue weighted by Gasteiger charge is -2.19. The molecule has 1 unspecified atom stereocenters. The van der Waals surface area contributed by atoms with Gasteiger partial charge in [-0.3, -0.25) is 10.1 Å². The molecule has 102 valence electrons. The van der Waals surface area contributed by atoms with Gasteiger partial charge in [0.15, 0.2) is 0 Å². The third kappa shape index (κ3) is 3.01. The van der Waals surface area contributed by atoms with Crippen molar-refractivity contribution in [1.82, 2.24) is 4.31 Å². The van der Waals surface area contributed by atoms with Gasteiger partial charge in [-0.25, -0.2) is 8.42 Å². The van der Waals surface area contributed by atoms with Crippen molar-refractivity contribution in [3.8, 4) is 6.07 Å². The summed E-state index contributed by atoms with van der Waals surface area (Å²) < 4.78 is 25.2. The first-order chi connectivity index (χ1) is 8.71. The summed E-state index contributed by atoms with van der Waals surface area (Å²) in [4.78, 5) is 9.54. The van der Waals surface area contributed by atoms with Crippen LogP contribution in [0.5, 0.6) is 0 Å². The molecule has 0 amide bonds. The summed E-state index contributed by atoms with van der Waals surface area (Å²) in [5.74, 6) is 0. The van der Waals surface area contributed by atoms with Crippen LogP contribution in [0.3, 0.4) is 0 Å². The molecule has 0 aliphatic rings. The second-order valence-electron chi connectivity index (χ2n) is 3.70. The fourth-order valence-electron chi connectivity index (χ4n) is 1.25. The average molecular weight is 304 g/mol. The van der Waals surface area contributed by atoms with Crippen LogP contribution in [-0.2, 0) is 10.0 Å². The number of non-ortho nitro benzene ring substituents is 1. The highest BCUT2D eigenvalue weighted by molar-refractivity contribution is 7.89. The van der Waals surface area contributed by atoms with Crippen LogP contribution in [0.2, 0.25) is 5.02 Å². The van der Waals surface area contributed by atoms with Crippen molar-refractivity contribution >= 4 is 27.3 Å². The Bertz CT molecular complexity index is 653. The van der Waals surface area contributed by atoms with Crippen molar-refractivity contribution in [2.24, 2.45) is 0 Å². The van der Waals surface area contributed by atoms with Gasteiger partial charge in [0.1, 0.15) is 10.9 Å². The molecule has 0 saturated heterocycles. The molecular formula is C10H10ClN3O4S. The lowest BCUT2D eigenvalue weighted by molar-refractivity contribution is -0.385. The predicted molar refractivity (Wildman–Crippen MR) is 68.1 cm³/mol. The van der Waals surface area contributed by atoms with Gasteiger partial charge in [-0.05, 0) is 13.0 Å². The molecule has 1 rings (SSSR count). The highest BCUT2D eigenvalue weighted by Crippen LogP contribution is 2.28. The molecule has 9 heteroatoms. The third-order valence-electron chi connectivity index (χ3n) is 2.51. The quantitative estimate of drug-likeness (QED) is 0.623. The molecule has 0 bridgehead atoms. The van der Waals surface area contributed by atoms with Crippen LogP contribution in [0.25, 0.3) is 0 Å². The van der Waals surface area contributed by atoms with Gasteiger partial charge in [-0.2, -0.15) is 9.57 Å². The molecule has 0 fully saturated rings. The molecule has 0 aliphatic carbocycles. The Balaban J connectivity index is 3.41. The van der Waals surface area contributed by atoms with E-state index in [0.29, 0.717) is 0 Å². The molecule has 0 radical (unpaired) electrons. The minimum atomic E-state index is -4.06. The molecule has 1 atom stereocenters. The Labute approximate surface area is 115 Å². The van der Waals surface area contributed by atoms with Crippen LogP contribution in [-0.4, -0.2) is 30.7 Å². The van der Waals surface area contributed by atoms with E-state index in [1.165, 1.54) is 14.0 Å². The Hall–Kier alpha value is -1.69. The van der Waals surface area contributed by atoms with Gasteiger partial charge < -0.3 is 0 Å². The lowest BCUT2D eigenvalue weighted by Crippen LogP contribution is -2.34. The largest absolute Gasteiger partial charge is 0.270 e. The number of hydrogen-bond donors (Lipinski definition) is 0. The number of hydrogen-bond acceptors (Lipinski definition) is 5. The highest BCUT2D eigenvalue weighted by Gasteiger charge is 2.29. The number of halogens is 1. The van der Waals surface area contributed by atoms with Crippen molar-refractivity contribution < 1.29 is 13.3 Å². The van der Waals surface area contributed by atoms with Crippen molar-refractivity contribution in [2.75, 3.05) is 7.05 Å². The molecule has 0 saturated carbocycles. The van der Waals surface area contributed by atoms with Crippen LogP contribution in [0.1, 0.15) is 6.92 Å². The monoisotopic (exact) mass is 303 g/mol. The Morgan fingerprint density at radius 3 is 2.58 bits per heavy atom. The van der Waals surface area contributed by atoms with Crippen LogP contribution in [0, 0.1) is 21.4 Å². The minimum Gasteiger partial charge on any atom is -0.258 e. The molecule has 0 heterocycles. The zero-order valence-corrected chi connectivity index (χ0v) is 11.6. The van der Waals surface area contributed by atoms with Gasteiger partial charge in [0, 0.05) is 19.2 Å². The second-order valence-corrected chi connectivity index (χ2v) is 6.07. The van der Waals surface area contributed by atoms with E-state index in [-0.39, 0.29) is 10.7 Å². The standard InChI is InChI=1S/C10H10ClN3O4S/c1-7(6-12)13(2)19(17,18)10-5-8(14(15)16)3-4-9(10)11/h3-5,7H,1-2H3. The molecule has 19 heavy (non-hydrogen) atoms. The summed E-state index contributed by atoms with van der Waals surface area (Å²) in [5, 5.41) is 19.2. The maximum Gasteiger partial charge on any atom is 0.270 e. The van der Waals surface area contributed by atoms with E-state index in [2.05, 4.69) is 0 Å². The molecule has 0 N–H and O–H groups in total. The Kier molecular flexibility index (Phi) is 4.47.